The zero-order chi connectivity index (χ0) is 10.9. The summed E-state index contributed by atoms with van der Waals surface area (Å²) >= 11 is 1.62. The first-order chi connectivity index (χ1) is 7.16. The largest absolute Gasteiger partial charge is 0.383 e. The van der Waals surface area contributed by atoms with E-state index >= 15 is 0 Å². The van der Waals surface area contributed by atoms with Crippen LogP contribution in [0.3, 0.4) is 0 Å². The van der Waals surface area contributed by atoms with Gasteiger partial charge in [-0.25, -0.2) is 4.98 Å². The molecule has 0 spiro atoms. The maximum absolute atomic E-state index is 5.72. The standard InChI is InChI=1S/C11H18N2OS/c1-8-3-5-11(14-2,6-4-8)10-13-9(12)7-15-10/h7-8H,3-6,12H2,1-2H3. The van der Waals surface area contributed by atoms with Gasteiger partial charge < -0.3 is 10.5 Å². The molecule has 1 aromatic heterocycles. The molecule has 1 saturated carbocycles. The summed E-state index contributed by atoms with van der Waals surface area (Å²) in [6.07, 6.45) is 4.57. The summed E-state index contributed by atoms with van der Waals surface area (Å²) in [5.41, 5.74) is 5.51. The highest BCUT2D eigenvalue weighted by Gasteiger charge is 2.38. The molecule has 1 fully saturated rings. The number of nitrogens with two attached hydrogens (primary N) is 1. The highest BCUT2D eigenvalue weighted by molar-refractivity contribution is 7.10. The van der Waals surface area contributed by atoms with Crippen molar-refractivity contribution in [1.29, 1.82) is 0 Å². The lowest BCUT2D eigenvalue weighted by molar-refractivity contribution is -0.0530. The summed E-state index contributed by atoms with van der Waals surface area (Å²) in [5.74, 6) is 1.43. The Kier molecular flexibility index (Phi) is 2.98. The van der Waals surface area contributed by atoms with Gasteiger partial charge in [-0.05, 0) is 31.6 Å². The van der Waals surface area contributed by atoms with Gasteiger partial charge in [0.05, 0.1) is 0 Å². The minimum Gasteiger partial charge on any atom is -0.383 e. The molecule has 3 nitrogen and oxygen atoms in total. The SMILES string of the molecule is COC1(c2nc(N)cs2)CCC(C)CC1. The van der Waals surface area contributed by atoms with Crippen molar-refractivity contribution in [3.05, 3.63) is 10.4 Å². The fourth-order valence-electron chi connectivity index (χ4n) is 2.23. The summed E-state index contributed by atoms with van der Waals surface area (Å²) in [6.45, 7) is 2.30. The van der Waals surface area contributed by atoms with Crippen molar-refractivity contribution in [2.45, 2.75) is 38.2 Å². The van der Waals surface area contributed by atoms with Gasteiger partial charge in [0, 0.05) is 12.5 Å². The van der Waals surface area contributed by atoms with E-state index in [-0.39, 0.29) is 5.60 Å². The fraction of sp³-hybridized carbons (Fsp3) is 0.727. The number of hydrogen-bond donors (Lipinski definition) is 1. The molecule has 0 atom stereocenters. The lowest BCUT2D eigenvalue weighted by Crippen LogP contribution is -2.33. The van der Waals surface area contributed by atoms with E-state index < -0.39 is 0 Å². The van der Waals surface area contributed by atoms with Gasteiger partial charge >= 0.3 is 0 Å². The fourth-order valence-corrected chi connectivity index (χ4v) is 3.17. The van der Waals surface area contributed by atoms with Gasteiger partial charge in [0.25, 0.3) is 0 Å². The number of anilines is 1. The summed E-state index contributed by atoms with van der Waals surface area (Å²) in [5, 5.41) is 2.95. The van der Waals surface area contributed by atoms with E-state index in [1.165, 1.54) is 12.8 Å². The van der Waals surface area contributed by atoms with Crippen LogP contribution < -0.4 is 5.73 Å². The Morgan fingerprint density at radius 1 is 1.53 bits per heavy atom. The summed E-state index contributed by atoms with van der Waals surface area (Å²) in [4.78, 5) is 4.37. The van der Waals surface area contributed by atoms with E-state index in [1.807, 2.05) is 5.38 Å². The first-order valence-electron chi connectivity index (χ1n) is 5.43. The predicted molar refractivity (Wildman–Crippen MR) is 62.8 cm³/mol. The van der Waals surface area contributed by atoms with Crippen LogP contribution in [0.2, 0.25) is 0 Å². The van der Waals surface area contributed by atoms with Gasteiger partial charge in [0.2, 0.25) is 0 Å². The maximum Gasteiger partial charge on any atom is 0.134 e. The third-order valence-corrected chi connectivity index (χ3v) is 4.43. The molecule has 15 heavy (non-hydrogen) atoms. The van der Waals surface area contributed by atoms with Gasteiger partial charge in [-0.2, -0.15) is 0 Å². The Labute approximate surface area is 94.7 Å². The van der Waals surface area contributed by atoms with Crippen molar-refractivity contribution in [3.8, 4) is 0 Å². The number of thiazole rings is 1. The Morgan fingerprint density at radius 3 is 2.67 bits per heavy atom. The average molecular weight is 226 g/mol. The van der Waals surface area contributed by atoms with Crippen LogP contribution in [0.25, 0.3) is 0 Å². The molecule has 84 valence electrons. The first kappa shape index (κ1) is 10.9. The van der Waals surface area contributed by atoms with E-state index in [0.717, 1.165) is 23.8 Å². The van der Waals surface area contributed by atoms with Gasteiger partial charge in [0.1, 0.15) is 16.4 Å². The van der Waals surface area contributed by atoms with Crippen molar-refractivity contribution in [3.63, 3.8) is 0 Å². The normalized spacial score (nSPS) is 31.7. The lowest BCUT2D eigenvalue weighted by Gasteiger charge is -2.36. The molecule has 1 aliphatic carbocycles. The molecule has 0 unspecified atom stereocenters. The van der Waals surface area contributed by atoms with Crippen LogP contribution in [-0.2, 0) is 10.3 Å². The van der Waals surface area contributed by atoms with Crippen molar-refractivity contribution >= 4 is 17.2 Å². The second-order valence-electron chi connectivity index (χ2n) is 4.46. The minimum atomic E-state index is -0.158. The number of nitrogens with zero attached hydrogens (tertiary/aromatic N) is 1. The number of aromatic nitrogens is 1. The third kappa shape index (κ3) is 2.01. The van der Waals surface area contributed by atoms with Gasteiger partial charge in [-0.15, -0.1) is 11.3 Å². The van der Waals surface area contributed by atoms with E-state index in [9.17, 15) is 0 Å². The molecule has 1 aliphatic rings. The number of hydrogen-bond acceptors (Lipinski definition) is 4. The highest BCUT2D eigenvalue weighted by Crippen LogP contribution is 2.43. The molecule has 0 saturated heterocycles. The molecule has 1 aromatic rings. The zero-order valence-corrected chi connectivity index (χ0v) is 10.1. The summed E-state index contributed by atoms with van der Waals surface area (Å²) < 4.78 is 5.72. The number of ether oxygens (including phenoxy) is 1. The van der Waals surface area contributed by atoms with Crippen LogP contribution in [-0.4, -0.2) is 12.1 Å². The molecule has 0 amide bonds. The predicted octanol–water partition coefficient (Wildman–Crippen LogP) is 2.78. The Balaban J connectivity index is 2.22. The second kappa shape index (κ2) is 4.10. The van der Waals surface area contributed by atoms with Crippen LogP contribution >= 0.6 is 11.3 Å². The molecule has 2 rings (SSSR count). The Hall–Kier alpha value is -0.610. The van der Waals surface area contributed by atoms with Gasteiger partial charge in [-0.3, -0.25) is 0 Å². The lowest BCUT2D eigenvalue weighted by atomic mass is 9.80. The van der Waals surface area contributed by atoms with Crippen molar-refractivity contribution in [1.82, 2.24) is 4.98 Å². The monoisotopic (exact) mass is 226 g/mol. The van der Waals surface area contributed by atoms with E-state index in [0.29, 0.717) is 5.82 Å². The molecular formula is C11H18N2OS. The topological polar surface area (TPSA) is 48.1 Å². The molecule has 0 bridgehead atoms. The van der Waals surface area contributed by atoms with Crippen LogP contribution in [0, 0.1) is 5.92 Å². The maximum atomic E-state index is 5.72. The molecule has 0 radical (unpaired) electrons. The Bertz CT molecular complexity index is 329. The van der Waals surface area contributed by atoms with E-state index in [2.05, 4.69) is 11.9 Å². The average Bonchev–Trinajstić information content (AvgIpc) is 2.67. The van der Waals surface area contributed by atoms with Crippen LogP contribution in [0.4, 0.5) is 5.82 Å². The molecule has 0 aliphatic heterocycles. The number of methoxy groups -OCH3 is 1. The van der Waals surface area contributed by atoms with Crippen LogP contribution in [0.5, 0.6) is 0 Å². The molecule has 1 heterocycles. The molecule has 4 heteroatoms. The van der Waals surface area contributed by atoms with E-state index in [1.54, 1.807) is 18.4 Å². The molecule has 2 N–H and O–H groups in total. The quantitative estimate of drug-likeness (QED) is 0.843. The van der Waals surface area contributed by atoms with Crippen LogP contribution in [0.15, 0.2) is 5.38 Å². The molecule has 0 aromatic carbocycles. The third-order valence-electron chi connectivity index (χ3n) is 3.38. The van der Waals surface area contributed by atoms with Crippen molar-refractivity contribution in [2.24, 2.45) is 5.92 Å². The van der Waals surface area contributed by atoms with Gasteiger partial charge in [-0.1, -0.05) is 6.92 Å². The first-order valence-corrected chi connectivity index (χ1v) is 6.31. The van der Waals surface area contributed by atoms with Gasteiger partial charge in [0.15, 0.2) is 0 Å². The number of nitrogen functional groups attached to an aromatic ring is 1. The second-order valence-corrected chi connectivity index (χ2v) is 5.32. The van der Waals surface area contributed by atoms with E-state index in [4.69, 9.17) is 10.5 Å². The molecular weight excluding hydrogens is 208 g/mol. The summed E-state index contributed by atoms with van der Waals surface area (Å²) in [7, 11) is 1.79. The number of rotatable bonds is 2. The highest BCUT2D eigenvalue weighted by atomic mass is 32.1. The zero-order valence-electron chi connectivity index (χ0n) is 9.32. The minimum absolute atomic E-state index is 0.158. The van der Waals surface area contributed by atoms with Crippen molar-refractivity contribution in [2.75, 3.05) is 12.8 Å². The Morgan fingerprint density at radius 2 is 2.20 bits per heavy atom. The smallest absolute Gasteiger partial charge is 0.134 e. The van der Waals surface area contributed by atoms with Crippen LogP contribution in [0.1, 0.15) is 37.6 Å². The summed E-state index contributed by atoms with van der Waals surface area (Å²) in [6, 6.07) is 0. The van der Waals surface area contributed by atoms with Crippen molar-refractivity contribution < 1.29 is 4.74 Å².